The molecule has 1 aromatic carbocycles. The average Bonchev–Trinajstić information content (AvgIpc) is 2.34. The summed E-state index contributed by atoms with van der Waals surface area (Å²) >= 11 is 0. The predicted molar refractivity (Wildman–Crippen MR) is 55.4 cm³/mol. The Bertz CT molecular complexity index is 431. The largest absolute Gasteiger partial charge is 0.471 e. The molecule has 4 nitrogen and oxygen atoms in total. The van der Waals surface area contributed by atoms with Crippen molar-refractivity contribution in [2.24, 2.45) is 0 Å². The Morgan fingerprint density at radius 2 is 1.78 bits per heavy atom. The highest BCUT2D eigenvalue weighted by atomic mass is 19.4. The second-order valence-corrected chi connectivity index (χ2v) is 3.34. The van der Waals surface area contributed by atoms with Gasteiger partial charge in [0.05, 0.1) is 7.11 Å². The molecule has 1 rings (SSSR count). The van der Waals surface area contributed by atoms with Gasteiger partial charge in [-0.3, -0.25) is 4.79 Å². The van der Waals surface area contributed by atoms with E-state index in [1.807, 2.05) is 0 Å². The van der Waals surface area contributed by atoms with Crippen molar-refractivity contribution in [2.45, 2.75) is 12.2 Å². The zero-order valence-electron chi connectivity index (χ0n) is 9.32. The van der Waals surface area contributed by atoms with Gasteiger partial charge in [0.2, 0.25) is 0 Å². The topological polar surface area (TPSA) is 55.4 Å². The Balaban J connectivity index is 2.95. The van der Waals surface area contributed by atoms with E-state index in [1.165, 1.54) is 24.3 Å². The molecule has 0 radical (unpaired) electrons. The van der Waals surface area contributed by atoms with Gasteiger partial charge in [-0.15, -0.1) is 0 Å². The second kappa shape index (κ2) is 5.52. The normalized spacial score (nSPS) is 12.7. The fourth-order valence-corrected chi connectivity index (χ4v) is 1.25. The number of nitrogens with one attached hydrogen (secondary N) is 1. The molecule has 0 aliphatic heterocycles. The standard InChI is InChI=1S/C11H10F3NO3/c1-18-9(16)8(7-5-3-2-4-6-7)15-10(17)11(12,13)14/h2-6,8H,1H3,(H,15,17)/t8-/m1/s1. The van der Waals surface area contributed by atoms with Crippen LogP contribution in [0.2, 0.25) is 0 Å². The maximum atomic E-state index is 12.1. The van der Waals surface area contributed by atoms with Crippen LogP contribution in [0.5, 0.6) is 0 Å². The molecule has 0 spiro atoms. The van der Waals surface area contributed by atoms with Gasteiger partial charge in [0.15, 0.2) is 6.04 Å². The van der Waals surface area contributed by atoms with E-state index < -0.39 is 24.1 Å². The van der Waals surface area contributed by atoms with Crippen molar-refractivity contribution < 1.29 is 27.5 Å². The number of hydrogen-bond acceptors (Lipinski definition) is 3. The summed E-state index contributed by atoms with van der Waals surface area (Å²) < 4.78 is 40.7. The van der Waals surface area contributed by atoms with E-state index in [4.69, 9.17) is 0 Å². The van der Waals surface area contributed by atoms with E-state index in [2.05, 4.69) is 4.74 Å². The molecule has 98 valence electrons. The van der Waals surface area contributed by atoms with Crippen LogP contribution in [0, 0.1) is 0 Å². The zero-order chi connectivity index (χ0) is 13.8. The first-order valence-corrected chi connectivity index (χ1v) is 4.86. The van der Waals surface area contributed by atoms with E-state index in [0.717, 1.165) is 7.11 Å². The number of carbonyl (C=O) groups is 2. The average molecular weight is 261 g/mol. The van der Waals surface area contributed by atoms with Crippen molar-refractivity contribution in [3.8, 4) is 0 Å². The summed E-state index contributed by atoms with van der Waals surface area (Å²) in [5.41, 5.74) is 0.210. The maximum Gasteiger partial charge on any atom is 0.471 e. The third kappa shape index (κ3) is 3.47. The number of halogens is 3. The highest BCUT2D eigenvalue weighted by molar-refractivity contribution is 5.88. The van der Waals surface area contributed by atoms with Gasteiger partial charge in [-0.25, -0.2) is 4.79 Å². The quantitative estimate of drug-likeness (QED) is 0.840. The molecule has 0 unspecified atom stereocenters. The van der Waals surface area contributed by atoms with Crippen LogP contribution in [0.3, 0.4) is 0 Å². The van der Waals surface area contributed by atoms with Gasteiger partial charge >= 0.3 is 18.1 Å². The van der Waals surface area contributed by atoms with Crippen LogP contribution in [-0.4, -0.2) is 25.2 Å². The number of rotatable bonds is 3. The number of benzene rings is 1. The number of methoxy groups -OCH3 is 1. The number of carbonyl (C=O) groups excluding carboxylic acids is 2. The van der Waals surface area contributed by atoms with E-state index in [9.17, 15) is 22.8 Å². The molecule has 0 aromatic heterocycles. The molecule has 0 aliphatic rings. The molecular formula is C11H10F3NO3. The molecule has 0 aliphatic carbocycles. The van der Waals surface area contributed by atoms with Gasteiger partial charge in [0.1, 0.15) is 0 Å². The molecule has 1 atom stereocenters. The van der Waals surface area contributed by atoms with E-state index in [-0.39, 0.29) is 5.56 Å². The predicted octanol–water partition coefficient (Wildman–Crippen LogP) is 1.58. The van der Waals surface area contributed by atoms with Gasteiger partial charge in [0.25, 0.3) is 0 Å². The Hall–Kier alpha value is -2.05. The van der Waals surface area contributed by atoms with Crippen molar-refractivity contribution in [1.82, 2.24) is 5.32 Å². The fourth-order valence-electron chi connectivity index (χ4n) is 1.25. The Labute approximate surface area is 101 Å². The van der Waals surface area contributed by atoms with Gasteiger partial charge in [-0.2, -0.15) is 13.2 Å². The van der Waals surface area contributed by atoms with Crippen LogP contribution >= 0.6 is 0 Å². The fraction of sp³-hybridized carbons (Fsp3) is 0.273. The summed E-state index contributed by atoms with van der Waals surface area (Å²) in [6, 6.07) is 6.04. The highest BCUT2D eigenvalue weighted by Crippen LogP contribution is 2.19. The zero-order valence-corrected chi connectivity index (χ0v) is 9.32. The first-order valence-electron chi connectivity index (χ1n) is 4.86. The molecule has 0 bridgehead atoms. The first kappa shape index (κ1) is 14.0. The molecule has 0 saturated carbocycles. The molecule has 0 heterocycles. The second-order valence-electron chi connectivity index (χ2n) is 3.34. The molecular weight excluding hydrogens is 251 g/mol. The SMILES string of the molecule is COC(=O)[C@H](NC(=O)C(F)(F)F)c1ccccc1. The summed E-state index contributed by atoms with van der Waals surface area (Å²) in [5.74, 6) is -3.17. The summed E-state index contributed by atoms with van der Waals surface area (Å²) in [6.45, 7) is 0. The van der Waals surface area contributed by atoms with Crippen LogP contribution < -0.4 is 5.32 Å². The van der Waals surface area contributed by atoms with E-state index in [1.54, 1.807) is 11.4 Å². The van der Waals surface area contributed by atoms with E-state index >= 15 is 0 Å². The summed E-state index contributed by atoms with van der Waals surface area (Å²) in [6.07, 6.45) is -5.05. The Morgan fingerprint density at radius 3 is 2.22 bits per heavy atom. The van der Waals surface area contributed by atoms with Gasteiger partial charge in [-0.1, -0.05) is 30.3 Å². The van der Waals surface area contributed by atoms with Gasteiger partial charge in [0, 0.05) is 0 Å². The first-order chi connectivity index (χ1) is 8.36. The molecule has 7 heteroatoms. The van der Waals surface area contributed by atoms with Crippen LogP contribution in [0.4, 0.5) is 13.2 Å². The van der Waals surface area contributed by atoms with Crippen molar-refractivity contribution in [3.05, 3.63) is 35.9 Å². The minimum absolute atomic E-state index is 0.210. The van der Waals surface area contributed by atoms with Crippen LogP contribution in [-0.2, 0) is 14.3 Å². The number of esters is 1. The molecule has 1 N–H and O–H groups in total. The Kier molecular flexibility index (Phi) is 4.30. The van der Waals surface area contributed by atoms with Crippen molar-refractivity contribution in [3.63, 3.8) is 0 Å². The smallest absolute Gasteiger partial charge is 0.467 e. The van der Waals surface area contributed by atoms with Crippen LogP contribution in [0.25, 0.3) is 0 Å². The lowest BCUT2D eigenvalue weighted by Gasteiger charge is -2.17. The monoisotopic (exact) mass is 261 g/mol. The van der Waals surface area contributed by atoms with Crippen LogP contribution in [0.15, 0.2) is 30.3 Å². The highest BCUT2D eigenvalue weighted by Gasteiger charge is 2.41. The van der Waals surface area contributed by atoms with Crippen molar-refractivity contribution in [1.29, 1.82) is 0 Å². The Morgan fingerprint density at radius 1 is 1.22 bits per heavy atom. The number of ether oxygens (including phenoxy) is 1. The molecule has 0 saturated heterocycles. The number of hydrogen-bond donors (Lipinski definition) is 1. The number of alkyl halides is 3. The minimum atomic E-state index is -5.05. The maximum absolute atomic E-state index is 12.1. The third-order valence-corrected chi connectivity index (χ3v) is 2.10. The molecule has 1 amide bonds. The minimum Gasteiger partial charge on any atom is -0.467 e. The summed E-state index contributed by atoms with van der Waals surface area (Å²) in [5, 5.41) is 1.59. The summed E-state index contributed by atoms with van der Waals surface area (Å²) in [4.78, 5) is 22.2. The molecule has 1 aromatic rings. The lowest BCUT2D eigenvalue weighted by Crippen LogP contribution is -2.42. The lowest BCUT2D eigenvalue weighted by atomic mass is 10.1. The molecule has 18 heavy (non-hydrogen) atoms. The lowest BCUT2D eigenvalue weighted by molar-refractivity contribution is -0.175. The number of amides is 1. The van der Waals surface area contributed by atoms with Crippen molar-refractivity contribution >= 4 is 11.9 Å². The van der Waals surface area contributed by atoms with Crippen molar-refractivity contribution in [2.75, 3.05) is 7.11 Å². The molecule has 0 fully saturated rings. The van der Waals surface area contributed by atoms with Gasteiger partial charge in [-0.05, 0) is 5.56 Å². The van der Waals surface area contributed by atoms with Crippen LogP contribution in [0.1, 0.15) is 11.6 Å². The van der Waals surface area contributed by atoms with Gasteiger partial charge < -0.3 is 10.1 Å². The summed E-state index contributed by atoms with van der Waals surface area (Å²) in [7, 11) is 1.03. The van der Waals surface area contributed by atoms with E-state index in [0.29, 0.717) is 0 Å². The third-order valence-electron chi connectivity index (χ3n) is 2.10.